The van der Waals surface area contributed by atoms with Crippen LogP contribution in [0.25, 0.3) is 0 Å². The standard InChI is InChI=1S/C8H13NO2/c1-6(2)5-8(7(3)10)9-11-4/h5,9H,1H2,2-4H3. The van der Waals surface area contributed by atoms with E-state index < -0.39 is 0 Å². The predicted molar refractivity (Wildman–Crippen MR) is 43.7 cm³/mol. The van der Waals surface area contributed by atoms with Crippen molar-refractivity contribution < 1.29 is 9.63 Å². The summed E-state index contributed by atoms with van der Waals surface area (Å²) in [4.78, 5) is 15.4. The van der Waals surface area contributed by atoms with Gasteiger partial charge in [0.1, 0.15) is 5.70 Å². The van der Waals surface area contributed by atoms with E-state index in [2.05, 4.69) is 16.9 Å². The van der Waals surface area contributed by atoms with Crippen molar-refractivity contribution in [2.75, 3.05) is 7.11 Å². The van der Waals surface area contributed by atoms with Gasteiger partial charge >= 0.3 is 0 Å². The molecule has 0 aliphatic carbocycles. The molecule has 0 fully saturated rings. The molecular weight excluding hydrogens is 142 g/mol. The van der Waals surface area contributed by atoms with Crippen LogP contribution in [0.2, 0.25) is 0 Å². The van der Waals surface area contributed by atoms with Crippen LogP contribution in [0.4, 0.5) is 0 Å². The summed E-state index contributed by atoms with van der Waals surface area (Å²) in [6, 6.07) is 0. The Bertz CT molecular complexity index is 194. The van der Waals surface area contributed by atoms with E-state index in [0.29, 0.717) is 5.70 Å². The summed E-state index contributed by atoms with van der Waals surface area (Å²) in [6.45, 7) is 6.90. The van der Waals surface area contributed by atoms with Crippen LogP contribution < -0.4 is 5.48 Å². The van der Waals surface area contributed by atoms with Crippen LogP contribution in [0.1, 0.15) is 13.8 Å². The molecule has 0 aromatic heterocycles. The molecule has 0 unspecified atom stereocenters. The lowest BCUT2D eigenvalue weighted by atomic mass is 10.2. The Kier molecular flexibility index (Phi) is 4.22. The van der Waals surface area contributed by atoms with Crippen LogP contribution in [0.15, 0.2) is 23.9 Å². The third-order valence-corrected chi connectivity index (χ3v) is 0.982. The molecule has 0 saturated heterocycles. The predicted octanol–water partition coefficient (Wildman–Crippen LogP) is 1.19. The topological polar surface area (TPSA) is 38.3 Å². The molecule has 0 radical (unpaired) electrons. The van der Waals surface area contributed by atoms with E-state index in [1.54, 1.807) is 13.0 Å². The van der Waals surface area contributed by atoms with E-state index in [1.165, 1.54) is 14.0 Å². The van der Waals surface area contributed by atoms with Gasteiger partial charge in [-0.05, 0) is 13.0 Å². The van der Waals surface area contributed by atoms with Gasteiger partial charge in [0.15, 0.2) is 5.78 Å². The second kappa shape index (κ2) is 4.68. The Morgan fingerprint density at radius 1 is 1.55 bits per heavy atom. The monoisotopic (exact) mass is 155 g/mol. The maximum Gasteiger partial charge on any atom is 0.177 e. The zero-order valence-corrected chi connectivity index (χ0v) is 7.10. The van der Waals surface area contributed by atoms with E-state index in [4.69, 9.17) is 0 Å². The molecule has 0 aromatic carbocycles. The Balaban J connectivity index is 4.32. The van der Waals surface area contributed by atoms with Crippen molar-refractivity contribution in [2.24, 2.45) is 0 Å². The van der Waals surface area contributed by atoms with E-state index in [9.17, 15) is 4.79 Å². The van der Waals surface area contributed by atoms with E-state index in [1.807, 2.05) is 0 Å². The first-order chi connectivity index (χ1) is 5.07. The second-order valence-electron chi connectivity index (χ2n) is 2.27. The first-order valence-electron chi connectivity index (χ1n) is 3.25. The number of ketones is 1. The Labute approximate surface area is 66.7 Å². The first kappa shape index (κ1) is 9.91. The lowest BCUT2D eigenvalue weighted by molar-refractivity contribution is -0.115. The molecule has 0 spiro atoms. The van der Waals surface area contributed by atoms with Gasteiger partial charge < -0.3 is 0 Å². The number of Topliss-reactive ketones (excluding diaryl/α,β-unsaturated/α-hetero) is 1. The van der Waals surface area contributed by atoms with Crippen molar-refractivity contribution in [2.45, 2.75) is 13.8 Å². The van der Waals surface area contributed by atoms with Gasteiger partial charge in [-0.1, -0.05) is 12.2 Å². The van der Waals surface area contributed by atoms with Crippen molar-refractivity contribution in [1.82, 2.24) is 5.48 Å². The summed E-state index contributed by atoms with van der Waals surface area (Å²) in [6.07, 6.45) is 1.63. The average Bonchev–Trinajstić information content (AvgIpc) is 1.86. The summed E-state index contributed by atoms with van der Waals surface area (Å²) in [5, 5.41) is 0. The Morgan fingerprint density at radius 2 is 2.09 bits per heavy atom. The van der Waals surface area contributed by atoms with Gasteiger partial charge in [-0.25, -0.2) is 0 Å². The van der Waals surface area contributed by atoms with Gasteiger partial charge in [0.05, 0.1) is 7.11 Å². The summed E-state index contributed by atoms with van der Waals surface area (Å²) >= 11 is 0. The fourth-order valence-corrected chi connectivity index (χ4v) is 0.559. The fourth-order valence-electron chi connectivity index (χ4n) is 0.559. The third-order valence-electron chi connectivity index (χ3n) is 0.982. The van der Waals surface area contributed by atoms with Crippen molar-refractivity contribution in [3.8, 4) is 0 Å². The fraction of sp³-hybridized carbons (Fsp3) is 0.375. The second-order valence-corrected chi connectivity index (χ2v) is 2.27. The zero-order chi connectivity index (χ0) is 8.85. The van der Waals surface area contributed by atoms with E-state index >= 15 is 0 Å². The number of hydrogen-bond donors (Lipinski definition) is 1. The van der Waals surface area contributed by atoms with Gasteiger partial charge in [-0.2, -0.15) is 0 Å². The van der Waals surface area contributed by atoms with Crippen molar-refractivity contribution in [1.29, 1.82) is 0 Å². The molecule has 3 nitrogen and oxygen atoms in total. The van der Waals surface area contributed by atoms with Crippen molar-refractivity contribution in [3.63, 3.8) is 0 Å². The van der Waals surface area contributed by atoms with Crippen LogP contribution in [-0.2, 0) is 9.63 Å². The quantitative estimate of drug-likeness (QED) is 0.376. The maximum absolute atomic E-state index is 10.8. The highest BCUT2D eigenvalue weighted by Crippen LogP contribution is 1.97. The maximum atomic E-state index is 10.8. The Morgan fingerprint density at radius 3 is 2.36 bits per heavy atom. The summed E-state index contributed by atoms with van der Waals surface area (Å²) in [5.74, 6) is -0.0742. The van der Waals surface area contributed by atoms with Crippen LogP contribution in [-0.4, -0.2) is 12.9 Å². The number of hydroxylamine groups is 1. The molecule has 0 heterocycles. The highest BCUT2D eigenvalue weighted by atomic mass is 16.6. The first-order valence-corrected chi connectivity index (χ1v) is 3.25. The minimum Gasteiger partial charge on any atom is -0.293 e. The van der Waals surface area contributed by atoms with Crippen LogP contribution in [0, 0.1) is 0 Å². The average molecular weight is 155 g/mol. The molecule has 0 atom stereocenters. The SMILES string of the molecule is C=C(C)C=C(NOC)C(C)=O. The van der Waals surface area contributed by atoms with Gasteiger partial charge in [-0.3, -0.25) is 15.1 Å². The molecule has 0 amide bonds. The normalized spacial score (nSPS) is 11.0. The molecule has 0 saturated carbocycles. The number of carbonyl (C=O) groups excluding carboxylic acids is 1. The van der Waals surface area contributed by atoms with E-state index in [0.717, 1.165) is 5.57 Å². The third kappa shape index (κ3) is 4.33. The van der Waals surface area contributed by atoms with Gasteiger partial charge in [0.25, 0.3) is 0 Å². The molecule has 3 heteroatoms. The molecule has 0 rings (SSSR count). The number of rotatable bonds is 4. The summed E-state index contributed by atoms with van der Waals surface area (Å²) < 4.78 is 0. The van der Waals surface area contributed by atoms with Crippen LogP contribution in [0.3, 0.4) is 0 Å². The summed E-state index contributed by atoms with van der Waals surface area (Å²) in [5.41, 5.74) is 3.69. The molecule has 0 aromatic rings. The minimum absolute atomic E-state index is 0.0742. The van der Waals surface area contributed by atoms with Gasteiger partial charge in [-0.15, -0.1) is 0 Å². The highest BCUT2D eigenvalue weighted by Gasteiger charge is 2.00. The molecule has 0 bridgehead atoms. The van der Waals surface area contributed by atoms with Crippen molar-refractivity contribution in [3.05, 3.63) is 23.9 Å². The molecular formula is C8H13NO2. The lowest BCUT2D eigenvalue weighted by Crippen LogP contribution is -2.17. The Hall–Kier alpha value is -1.09. The van der Waals surface area contributed by atoms with Crippen molar-refractivity contribution >= 4 is 5.78 Å². The van der Waals surface area contributed by atoms with E-state index in [-0.39, 0.29) is 5.78 Å². The van der Waals surface area contributed by atoms with Crippen LogP contribution >= 0.6 is 0 Å². The molecule has 11 heavy (non-hydrogen) atoms. The van der Waals surface area contributed by atoms with Gasteiger partial charge in [0.2, 0.25) is 0 Å². The smallest absolute Gasteiger partial charge is 0.177 e. The van der Waals surface area contributed by atoms with Gasteiger partial charge in [0, 0.05) is 6.92 Å². The summed E-state index contributed by atoms with van der Waals surface area (Å²) in [7, 11) is 1.45. The minimum atomic E-state index is -0.0742. The molecule has 0 aliphatic rings. The number of carbonyl (C=O) groups is 1. The van der Waals surface area contributed by atoms with Crippen LogP contribution in [0.5, 0.6) is 0 Å². The number of nitrogens with one attached hydrogen (secondary N) is 1. The molecule has 0 aliphatic heterocycles. The number of hydrogen-bond acceptors (Lipinski definition) is 3. The molecule has 62 valence electrons. The highest BCUT2D eigenvalue weighted by molar-refractivity contribution is 5.92. The lowest BCUT2D eigenvalue weighted by Gasteiger charge is -2.03. The number of allylic oxidation sites excluding steroid dienone is 3. The zero-order valence-electron chi connectivity index (χ0n) is 7.10. The molecule has 1 N–H and O–H groups in total. The largest absolute Gasteiger partial charge is 0.293 e.